The summed E-state index contributed by atoms with van der Waals surface area (Å²) in [6, 6.07) is 5.34. The zero-order valence-corrected chi connectivity index (χ0v) is 12.4. The van der Waals surface area contributed by atoms with Gasteiger partial charge in [0, 0.05) is 4.47 Å². The molecule has 3 nitrogen and oxygen atoms in total. The Labute approximate surface area is 120 Å². The van der Waals surface area contributed by atoms with E-state index < -0.39 is 0 Å². The molecule has 1 amide bonds. The minimum absolute atomic E-state index is 0.00104. The normalized spacial score (nSPS) is 20.2. The summed E-state index contributed by atoms with van der Waals surface area (Å²) in [6.45, 7) is 0.909. The number of anilines is 1. The Morgan fingerprint density at radius 1 is 1.39 bits per heavy atom. The van der Waals surface area contributed by atoms with E-state index in [0.717, 1.165) is 30.3 Å². The van der Waals surface area contributed by atoms with Gasteiger partial charge in [-0.05, 0) is 37.6 Å². The van der Waals surface area contributed by atoms with Crippen LogP contribution in [0.15, 0.2) is 22.7 Å². The zero-order chi connectivity index (χ0) is 13.0. The van der Waals surface area contributed by atoms with Crippen molar-refractivity contribution in [2.45, 2.75) is 31.7 Å². The second-order valence-corrected chi connectivity index (χ2v) is 5.79. The highest BCUT2D eigenvalue weighted by atomic mass is 79.9. The van der Waals surface area contributed by atoms with Crippen LogP contribution >= 0.6 is 27.5 Å². The molecule has 1 unspecified atom stereocenters. The first-order valence-corrected chi connectivity index (χ1v) is 7.33. The molecule has 5 heteroatoms. The highest BCUT2D eigenvalue weighted by Crippen LogP contribution is 2.26. The molecule has 1 fully saturated rings. The molecular formula is C13H16BrClN2O. The maximum atomic E-state index is 12.1. The summed E-state index contributed by atoms with van der Waals surface area (Å²) in [7, 11) is 0. The number of rotatable bonds is 2. The van der Waals surface area contributed by atoms with Crippen molar-refractivity contribution in [2.24, 2.45) is 0 Å². The molecule has 1 saturated heterocycles. The van der Waals surface area contributed by atoms with E-state index in [-0.39, 0.29) is 11.9 Å². The number of carbonyl (C=O) groups is 1. The number of nitrogens with one attached hydrogen (secondary N) is 2. The average molecular weight is 332 g/mol. The molecule has 0 aliphatic carbocycles. The van der Waals surface area contributed by atoms with Crippen molar-refractivity contribution in [3.63, 3.8) is 0 Å². The van der Waals surface area contributed by atoms with Crippen LogP contribution in [0.5, 0.6) is 0 Å². The highest BCUT2D eigenvalue weighted by Gasteiger charge is 2.20. The van der Waals surface area contributed by atoms with Gasteiger partial charge in [-0.15, -0.1) is 0 Å². The first-order valence-electron chi connectivity index (χ1n) is 6.16. The third-order valence-corrected chi connectivity index (χ3v) is 3.87. The number of carbonyl (C=O) groups excluding carboxylic acids is 1. The smallest absolute Gasteiger partial charge is 0.241 e. The number of amides is 1. The summed E-state index contributed by atoms with van der Waals surface area (Å²) in [5, 5.41) is 6.70. The summed E-state index contributed by atoms with van der Waals surface area (Å²) in [6.07, 6.45) is 4.32. The van der Waals surface area contributed by atoms with Gasteiger partial charge >= 0.3 is 0 Å². The Hall–Kier alpha value is -0.580. The molecule has 0 saturated carbocycles. The second kappa shape index (κ2) is 6.55. The minimum Gasteiger partial charge on any atom is -0.323 e. The largest absolute Gasteiger partial charge is 0.323 e. The molecule has 2 N–H and O–H groups in total. The van der Waals surface area contributed by atoms with Crippen molar-refractivity contribution in [1.82, 2.24) is 5.32 Å². The van der Waals surface area contributed by atoms with Crippen molar-refractivity contribution < 1.29 is 4.79 Å². The van der Waals surface area contributed by atoms with Gasteiger partial charge in [-0.3, -0.25) is 4.79 Å². The maximum absolute atomic E-state index is 12.1. The topological polar surface area (TPSA) is 41.1 Å². The van der Waals surface area contributed by atoms with Crippen LogP contribution in [0.1, 0.15) is 25.7 Å². The monoisotopic (exact) mass is 330 g/mol. The van der Waals surface area contributed by atoms with E-state index >= 15 is 0 Å². The molecule has 1 aromatic rings. The van der Waals surface area contributed by atoms with Crippen LogP contribution < -0.4 is 10.6 Å². The van der Waals surface area contributed by atoms with Crippen molar-refractivity contribution in [2.75, 3.05) is 11.9 Å². The fraction of sp³-hybridized carbons (Fsp3) is 0.462. The van der Waals surface area contributed by atoms with Crippen LogP contribution in [0.4, 0.5) is 5.69 Å². The molecule has 1 atom stereocenters. The molecule has 98 valence electrons. The van der Waals surface area contributed by atoms with E-state index in [1.54, 1.807) is 12.1 Å². The van der Waals surface area contributed by atoms with Crippen molar-refractivity contribution >= 4 is 39.1 Å². The lowest BCUT2D eigenvalue weighted by Gasteiger charge is -2.16. The van der Waals surface area contributed by atoms with Gasteiger partial charge in [-0.2, -0.15) is 0 Å². The molecular weight excluding hydrogens is 316 g/mol. The zero-order valence-electron chi connectivity index (χ0n) is 10.0. The Balaban J connectivity index is 2.01. The first-order chi connectivity index (χ1) is 8.66. The molecule has 0 aromatic heterocycles. The quantitative estimate of drug-likeness (QED) is 0.870. The predicted molar refractivity (Wildman–Crippen MR) is 78.0 cm³/mol. The summed E-state index contributed by atoms with van der Waals surface area (Å²) < 4.78 is 0.901. The average Bonchev–Trinajstić information content (AvgIpc) is 2.61. The van der Waals surface area contributed by atoms with Gasteiger partial charge < -0.3 is 10.6 Å². The summed E-state index contributed by atoms with van der Waals surface area (Å²) in [4.78, 5) is 12.1. The van der Waals surface area contributed by atoms with E-state index in [1.807, 2.05) is 6.07 Å². The Kier molecular flexibility index (Phi) is 5.03. The second-order valence-electron chi connectivity index (χ2n) is 4.47. The molecule has 0 bridgehead atoms. The van der Waals surface area contributed by atoms with Gasteiger partial charge in [0.05, 0.1) is 16.8 Å². The van der Waals surface area contributed by atoms with Crippen molar-refractivity contribution in [1.29, 1.82) is 0 Å². The van der Waals surface area contributed by atoms with Gasteiger partial charge in [-0.1, -0.05) is 40.4 Å². The predicted octanol–water partition coefficient (Wildman–Crippen LogP) is 3.57. The van der Waals surface area contributed by atoms with Crippen LogP contribution in [0.25, 0.3) is 0 Å². The van der Waals surface area contributed by atoms with Crippen LogP contribution in [-0.4, -0.2) is 18.5 Å². The molecule has 1 aliphatic heterocycles. The van der Waals surface area contributed by atoms with Gasteiger partial charge in [-0.25, -0.2) is 0 Å². The third-order valence-electron chi connectivity index (χ3n) is 3.07. The Morgan fingerprint density at radius 3 is 3.00 bits per heavy atom. The van der Waals surface area contributed by atoms with Gasteiger partial charge in [0.25, 0.3) is 0 Å². The summed E-state index contributed by atoms with van der Waals surface area (Å²) in [5.41, 5.74) is 0.663. The van der Waals surface area contributed by atoms with Gasteiger partial charge in [0.2, 0.25) is 5.91 Å². The minimum atomic E-state index is -0.104. The molecule has 0 spiro atoms. The Bertz CT molecular complexity index is 431. The lowest BCUT2D eigenvalue weighted by atomic mass is 10.1. The van der Waals surface area contributed by atoms with E-state index in [9.17, 15) is 4.79 Å². The number of hydrogen-bond donors (Lipinski definition) is 2. The van der Waals surface area contributed by atoms with Crippen LogP contribution in [0.2, 0.25) is 5.02 Å². The SMILES string of the molecule is O=C(Nc1ccc(Br)cc1Cl)C1CCCCCN1. The fourth-order valence-electron chi connectivity index (χ4n) is 2.06. The molecule has 2 rings (SSSR count). The van der Waals surface area contributed by atoms with Crippen molar-refractivity contribution in [3.05, 3.63) is 27.7 Å². The van der Waals surface area contributed by atoms with E-state index in [1.165, 1.54) is 6.42 Å². The van der Waals surface area contributed by atoms with Crippen LogP contribution in [0, 0.1) is 0 Å². The van der Waals surface area contributed by atoms with E-state index in [0.29, 0.717) is 10.7 Å². The van der Waals surface area contributed by atoms with E-state index in [4.69, 9.17) is 11.6 Å². The summed E-state index contributed by atoms with van der Waals surface area (Å²) >= 11 is 9.42. The van der Waals surface area contributed by atoms with Gasteiger partial charge in [0.1, 0.15) is 0 Å². The fourth-order valence-corrected chi connectivity index (χ4v) is 2.78. The molecule has 1 aromatic carbocycles. The van der Waals surface area contributed by atoms with Gasteiger partial charge in [0.15, 0.2) is 0 Å². The number of halogens is 2. The standard InChI is InChI=1S/C13H16BrClN2O/c14-9-5-6-11(10(15)8-9)17-13(18)12-4-2-1-3-7-16-12/h5-6,8,12,16H,1-4,7H2,(H,17,18). The molecule has 0 radical (unpaired) electrons. The van der Waals surface area contributed by atoms with Crippen LogP contribution in [0.3, 0.4) is 0 Å². The third kappa shape index (κ3) is 3.70. The maximum Gasteiger partial charge on any atom is 0.241 e. The van der Waals surface area contributed by atoms with Crippen molar-refractivity contribution in [3.8, 4) is 0 Å². The van der Waals surface area contributed by atoms with Crippen LogP contribution in [-0.2, 0) is 4.79 Å². The number of hydrogen-bond acceptors (Lipinski definition) is 2. The lowest BCUT2D eigenvalue weighted by molar-refractivity contribution is -0.118. The Morgan fingerprint density at radius 2 is 2.22 bits per heavy atom. The first kappa shape index (κ1) is 13.8. The molecule has 1 aliphatic rings. The molecule has 18 heavy (non-hydrogen) atoms. The number of benzene rings is 1. The van der Waals surface area contributed by atoms with E-state index in [2.05, 4.69) is 26.6 Å². The molecule has 1 heterocycles. The lowest BCUT2D eigenvalue weighted by Crippen LogP contribution is -2.39. The summed E-state index contributed by atoms with van der Waals surface area (Å²) in [5.74, 6) is 0.00104. The highest BCUT2D eigenvalue weighted by molar-refractivity contribution is 9.10.